The number of carbonyl (C=O) groups excluding carboxylic acids is 3. The Balaban J connectivity index is 1.63. The lowest BCUT2D eigenvalue weighted by Crippen LogP contribution is -2.09. The Kier molecular flexibility index (Phi) is 7.18. The summed E-state index contributed by atoms with van der Waals surface area (Å²) >= 11 is 0. The van der Waals surface area contributed by atoms with Crippen LogP contribution in [-0.4, -0.2) is 24.5 Å². The molecule has 0 aromatic heterocycles. The van der Waals surface area contributed by atoms with Crippen LogP contribution in [0.1, 0.15) is 22.8 Å². The summed E-state index contributed by atoms with van der Waals surface area (Å²) < 4.78 is 15.6. The molecular weight excluding hydrogens is 408 g/mol. The van der Waals surface area contributed by atoms with Gasteiger partial charge in [0.25, 0.3) is 0 Å². The van der Waals surface area contributed by atoms with E-state index < -0.39 is 17.9 Å². The first kappa shape index (κ1) is 22.5. The lowest BCUT2D eigenvalue weighted by atomic mass is 10.1. The topological polar surface area (TPSA) is 78.9 Å². The summed E-state index contributed by atoms with van der Waals surface area (Å²) in [6, 6.07) is 17.2. The predicted octanol–water partition coefficient (Wildman–Crippen LogP) is 4.81. The molecule has 0 radical (unpaired) electrons. The van der Waals surface area contributed by atoms with Gasteiger partial charge in [-0.05, 0) is 59.7 Å². The van der Waals surface area contributed by atoms with Gasteiger partial charge in [0, 0.05) is 18.1 Å². The molecule has 162 valence electrons. The molecule has 0 heterocycles. The molecule has 0 aliphatic heterocycles. The van der Waals surface area contributed by atoms with Gasteiger partial charge < -0.3 is 14.2 Å². The van der Waals surface area contributed by atoms with E-state index in [-0.39, 0.29) is 6.61 Å². The standard InChI is InChI=1S/C26H22O6/c1-4-24(27)30-14-13-18-5-10-22(11-6-18)31-26(29)21-8-7-20-16-23(12-9-19(20)15-21)32-25(28)17(2)3/h4-12,15-16H,1-2,13-14H2,3H3. The van der Waals surface area contributed by atoms with Crippen molar-refractivity contribution in [3.05, 3.63) is 96.6 Å². The van der Waals surface area contributed by atoms with Crippen molar-refractivity contribution >= 4 is 28.7 Å². The first-order chi connectivity index (χ1) is 15.4. The summed E-state index contributed by atoms with van der Waals surface area (Å²) in [6.45, 7) is 8.73. The minimum Gasteiger partial charge on any atom is -0.462 e. The summed E-state index contributed by atoms with van der Waals surface area (Å²) in [5.41, 5.74) is 1.65. The van der Waals surface area contributed by atoms with Crippen LogP contribution in [0.4, 0.5) is 0 Å². The molecule has 32 heavy (non-hydrogen) atoms. The molecule has 0 atom stereocenters. The molecule has 0 fully saturated rings. The highest BCUT2D eigenvalue weighted by atomic mass is 16.5. The van der Waals surface area contributed by atoms with E-state index in [0.717, 1.165) is 22.4 Å². The highest BCUT2D eigenvalue weighted by molar-refractivity contribution is 5.97. The number of esters is 3. The Morgan fingerprint density at radius 1 is 0.875 bits per heavy atom. The zero-order valence-electron chi connectivity index (χ0n) is 17.6. The summed E-state index contributed by atoms with van der Waals surface area (Å²) in [5.74, 6) is -0.634. The smallest absolute Gasteiger partial charge is 0.343 e. The van der Waals surface area contributed by atoms with Crippen molar-refractivity contribution in [3.63, 3.8) is 0 Å². The van der Waals surface area contributed by atoms with Gasteiger partial charge in [-0.3, -0.25) is 0 Å². The second-order valence-corrected chi connectivity index (χ2v) is 7.05. The molecule has 0 bridgehead atoms. The molecule has 6 heteroatoms. The van der Waals surface area contributed by atoms with E-state index >= 15 is 0 Å². The first-order valence-electron chi connectivity index (χ1n) is 9.87. The zero-order chi connectivity index (χ0) is 23.1. The van der Waals surface area contributed by atoms with Crippen LogP contribution in [0.3, 0.4) is 0 Å². The molecule has 3 rings (SSSR count). The predicted molar refractivity (Wildman–Crippen MR) is 121 cm³/mol. The highest BCUT2D eigenvalue weighted by Gasteiger charge is 2.11. The van der Waals surface area contributed by atoms with Crippen LogP contribution >= 0.6 is 0 Å². The second-order valence-electron chi connectivity index (χ2n) is 7.05. The normalized spacial score (nSPS) is 10.3. The molecule has 3 aromatic rings. The number of ether oxygens (including phenoxy) is 3. The van der Waals surface area contributed by atoms with Crippen molar-refractivity contribution in [3.8, 4) is 11.5 Å². The van der Waals surface area contributed by atoms with Gasteiger partial charge in [0.1, 0.15) is 11.5 Å². The Morgan fingerprint density at radius 3 is 2.22 bits per heavy atom. The fraction of sp³-hybridized carbons (Fsp3) is 0.115. The van der Waals surface area contributed by atoms with Crippen molar-refractivity contribution in [1.29, 1.82) is 0 Å². The molecule has 0 spiro atoms. The number of carbonyl (C=O) groups is 3. The number of fused-ring (bicyclic) bond motifs is 1. The van der Waals surface area contributed by atoms with E-state index in [1.165, 1.54) is 0 Å². The number of hydrogen-bond donors (Lipinski definition) is 0. The summed E-state index contributed by atoms with van der Waals surface area (Å²) in [6.07, 6.45) is 1.66. The summed E-state index contributed by atoms with van der Waals surface area (Å²) in [7, 11) is 0. The van der Waals surface area contributed by atoms with Crippen molar-refractivity contribution in [2.45, 2.75) is 13.3 Å². The van der Waals surface area contributed by atoms with Gasteiger partial charge in [-0.1, -0.05) is 37.4 Å². The van der Waals surface area contributed by atoms with Crippen LogP contribution in [0.15, 0.2) is 85.5 Å². The first-order valence-corrected chi connectivity index (χ1v) is 9.87. The average Bonchev–Trinajstić information content (AvgIpc) is 2.79. The third kappa shape index (κ3) is 5.92. The maximum Gasteiger partial charge on any atom is 0.343 e. The quantitative estimate of drug-likeness (QED) is 0.290. The molecule has 0 N–H and O–H groups in total. The molecule has 0 unspecified atom stereocenters. The SMILES string of the molecule is C=CC(=O)OCCc1ccc(OC(=O)c2ccc3cc(OC(=O)C(=C)C)ccc3c2)cc1. The fourth-order valence-electron chi connectivity index (χ4n) is 2.83. The molecule has 0 saturated carbocycles. The van der Waals surface area contributed by atoms with E-state index in [9.17, 15) is 14.4 Å². The Hall–Kier alpha value is -4.19. The minimum atomic E-state index is -0.492. The lowest BCUT2D eigenvalue weighted by Gasteiger charge is -2.08. The molecule has 0 amide bonds. The van der Waals surface area contributed by atoms with E-state index in [4.69, 9.17) is 14.2 Å². The monoisotopic (exact) mass is 430 g/mol. The Bertz CT molecular complexity index is 1190. The lowest BCUT2D eigenvalue weighted by molar-refractivity contribution is -0.137. The van der Waals surface area contributed by atoms with Crippen molar-refractivity contribution < 1.29 is 28.6 Å². The highest BCUT2D eigenvalue weighted by Crippen LogP contribution is 2.23. The maximum absolute atomic E-state index is 12.5. The molecule has 6 nitrogen and oxygen atoms in total. The van der Waals surface area contributed by atoms with Crippen LogP contribution in [0.5, 0.6) is 11.5 Å². The maximum atomic E-state index is 12.5. The summed E-state index contributed by atoms with van der Waals surface area (Å²) in [4.78, 5) is 35.3. The Morgan fingerprint density at radius 2 is 1.53 bits per heavy atom. The van der Waals surface area contributed by atoms with Crippen molar-refractivity contribution in [2.75, 3.05) is 6.61 Å². The van der Waals surface area contributed by atoms with Crippen molar-refractivity contribution in [2.24, 2.45) is 0 Å². The summed E-state index contributed by atoms with van der Waals surface area (Å²) in [5, 5.41) is 1.62. The van der Waals surface area contributed by atoms with E-state index in [0.29, 0.717) is 29.1 Å². The minimum absolute atomic E-state index is 0.245. The molecule has 3 aromatic carbocycles. The van der Waals surface area contributed by atoms with E-state index in [1.807, 2.05) is 0 Å². The van der Waals surface area contributed by atoms with Gasteiger partial charge in [0.2, 0.25) is 0 Å². The largest absolute Gasteiger partial charge is 0.462 e. The Labute approximate surface area is 185 Å². The van der Waals surface area contributed by atoms with Crippen LogP contribution in [-0.2, 0) is 20.7 Å². The van der Waals surface area contributed by atoms with Gasteiger partial charge in [-0.25, -0.2) is 14.4 Å². The molecular formula is C26H22O6. The third-order valence-corrected chi connectivity index (χ3v) is 4.54. The van der Waals surface area contributed by atoms with Crippen LogP contribution < -0.4 is 9.47 Å². The molecule has 0 aliphatic rings. The van der Waals surface area contributed by atoms with Crippen LogP contribution in [0.2, 0.25) is 0 Å². The average molecular weight is 430 g/mol. The van der Waals surface area contributed by atoms with Crippen LogP contribution in [0.25, 0.3) is 10.8 Å². The fourth-order valence-corrected chi connectivity index (χ4v) is 2.83. The third-order valence-electron chi connectivity index (χ3n) is 4.54. The molecule has 0 saturated heterocycles. The van der Waals surface area contributed by atoms with E-state index in [2.05, 4.69) is 13.2 Å². The zero-order valence-corrected chi connectivity index (χ0v) is 17.6. The second kappa shape index (κ2) is 10.2. The number of hydrogen-bond acceptors (Lipinski definition) is 6. The van der Waals surface area contributed by atoms with Gasteiger partial charge >= 0.3 is 17.9 Å². The van der Waals surface area contributed by atoms with Crippen LogP contribution in [0, 0.1) is 0 Å². The van der Waals surface area contributed by atoms with E-state index in [1.54, 1.807) is 67.6 Å². The van der Waals surface area contributed by atoms with Gasteiger partial charge in [0.05, 0.1) is 12.2 Å². The van der Waals surface area contributed by atoms with Gasteiger partial charge in [-0.15, -0.1) is 0 Å². The number of benzene rings is 3. The van der Waals surface area contributed by atoms with Gasteiger partial charge in [-0.2, -0.15) is 0 Å². The molecule has 0 aliphatic carbocycles. The van der Waals surface area contributed by atoms with Crippen molar-refractivity contribution in [1.82, 2.24) is 0 Å². The number of rotatable bonds is 8. The van der Waals surface area contributed by atoms with Gasteiger partial charge in [0.15, 0.2) is 0 Å².